The fourth-order valence-electron chi connectivity index (χ4n) is 1.58. The van der Waals surface area contributed by atoms with Crippen LogP contribution in [0.3, 0.4) is 0 Å². The van der Waals surface area contributed by atoms with E-state index in [-0.39, 0.29) is 5.82 Å². The highest BCUT2D eigenvalue weighted by Crippen LogP contribution is 2.15. The topological polar surface area (TPSA) is 53.8 Å². The molecule has 0 amide bonds. The number of nitrogens with zero attached hydrogens (tertiary/aromatic N) is 2. The van der Waals surface area contributed by atoms with E-state index in [1.54, 1.807) is 25.1 Å². The fourth-order valence-corrected chi connectivity index (χ4v) is 1.79. The van der Waals surface area contributed by atoms with E-state index < -0.39 is 6.10 Å². The van der Waals surface area contributed by atoms with E-state index in [9.17, 15) is 9.50 Å². The molecule has 6 heteroatoms. The summed E-state index contributed by atoms with van der Waals surface area (Å²) >= 11 is 5.02. The van der Waals surface area contributed by atoms with Gasteiger partial charge >= 0.3 is 0 Å². The SMILES string of the molecule is CC(O)/C(=C\c1cccc(F)c1)n1[nH]cnc1=S. The van der Waals surface area contributed by atoms with Gasteiger partial charge < -0.3 is 5.11 Å². The summed E-state index contributed by atoms with van der Waals surface area (Å²) in [5, 5.41) is 12.6. The quantitative estimate of drug-likeness (QED) is 0.838. The van der Waals surface area contributed by atoms with Crippen molar-refractivity contribution in [3.63, 3.8) is 0 Å². The van der Waals surface area contributed by atoms with Gasteiger partial charge in [-0.2, -0.15) is 0 Å². The molecule has 94 valence electrons. The smallest absolute Gasteiger partial charge is 0.220 e. The largest absolute Gasteiger partial charge is 0.387 e. The minimum absolute atomic E-state index is 0.304. The van der Waals surface area contributed by atoms with Crippen molar-refractivity contribution in [1.82, 2.24) is 14.8 Å². The van der Waals surface area contributed by atoms with E-state index in [4.69, 9.17) is 12.2 Å². The van der Waals surface area contributed by atoms with Gasteiger partial charge in [-0.1, -0.05) is 12.1 Å². The van der Waals surface area contributed by atoms with Crippen molar-refractivity contribution in [2.75, 3.05) is 0 Å². The number of aliphatic hydroxyl groups is 1. The summed E-state index contributed by atoms with van der Waals surface area (Å²) in [5.74, 6) is -0.332. The van der Waals surface area contributed by atoms with Gasteiger partial charge in [-0.05, 0) is 42.9 Å². The Morgan fingerprint density at radius 3 is 2.94 bits per heavy atom. The molecule has 1 unspecified atom stereocenters. The third kappa shape index (κ3) is 2.72. The van der Waals surface area contributed by atoms with Gasteiger partial charge in [0.05, 0.1) is 11.8 Å². The Morgan fingerprint density at radius 1 is 1.61 bits per heavy atom. The second-order valence-corrected chi connectivity index (χ2v) is 4.17. The van der Waals surface area contributed by atoms with Crippen molar-refractivity contribution >= 4 is 24.0 Å². The molecule has 1 aromatic carbocycles. The minimum Gasteiger partial charge on any atom is -0.387 e. The number of aromatic amines is 1. The highest BCUT2D eigenvalue weighted by molar-refractivity contribution is 7.71. The summed E-state index contributed by atoms with van der Waals surface area (Å²) in [6, 6.07) is 6.09. The number of rotatable bonds is 3. The molecule has 18 heavy (non-hydrogen) atoms. The van der Waals surface area contributed by atoms with E-state index in [0.29, 0.717) is 16.0 Å². The molecule has 0 saturated carbocycles. The van der Waals surface area contributed by atoms with Crippen LogP contribution in [0.1, 0.15) is 12.5 Å². The Kier molecular flexibility index (Phi) is 3.69. The van der Waals surface area contributed by atoms with Gasteiger partial charge in [-0.25, -0.2) is 14.1 Å². The van der Waals surface area contributed by atoms with Crippen LogP contribution in [0.15, 0.2) is 30.6 Å². The number of hydrogen-bond donors (Lipinski definition) is 2. The first-order valence-electron chi connectivity index (χ1n) is 5.36. The van der Waals surface area contributed by atoms with Gasteiger partial charge in [-0.3, -0.25) is 5.10 Å². The molecule has 2 N–H and O–H groups in total. The molecule has 2 aromatic rings. The van der Waals surface area contributed by atoms with E-state index in [2.05, 4.69) is 10.1 Å². The molecule has 0 fully saturated rings. The average molecular weight is 265 g/mol. The van der Waals surface area contributed by atoms with Gasteiger partial charge in [0.25, 0.3) is 0 Å². The van der Waals surface area contributed by atoms with Crippen LogP contribution in [0.4, 0.5) is 4.39 Å². The second kappa shape index (κ2) is 5.24. The molecule has 0 aliphatic carbocycles. The third-order valence-electron chi connectivity index (χ3n) is 2.40. The Morgan fingerprint density at radius 2 is 2.39 bits per heavy atom. The maximum atomic E-state index is 13.1. The Balaban J connectivity index is 2.49. The Labute approximate surface area is 108 Å². The number of hydrogen-bond acceptors (Lipinski definition) is 3. The molecule has 0 radical (unpaired) electrons. The van der Waals surface area contributed by atoms with Crippen LogP contribution in [-0.2, 0) is 0 Å². The second-order valence-electron chi connectivity index (χ2n) is 3.81. The van der Waals surface area contributed by atoms with Crippen LogP contribution in [0.5, 0.6) is 0 Å². The van der Waals surface area contributed by atoms with E-state index in [1.807, 2.05) is 0 Å². The van der Waals surface area contributed by atoms with Crippen LogP contribution < -0.4 is 0 Å². The zero-order chi connectivity index (χ0) is 13.1. The lowest BCUT2D eigenvalue weighted by molar-refractivity contribution is 0.246. The summed E-state index contributed by atoms with van der Waals surface area (Å²) in [5.41, 5.74) is 1.14. The first-order chi connectivity index (χ1) is 8.58. The molecule has 0 aliphatic rings. The highest BCUT2D eigenvalue weighted by Gasteiger charge is 2.09. The zero-order valence-corrected chi connectivity index (χ0v) is 10.5. The molecule has 0 saturated heterocycles. The Bertz CT molecular complexity index is 630. The lowest BCUT2D eigenvalue weighted by Gasteiger charge is -2.11. The molecular weight excluding hydrogens is 253 g/mol. The van der Waals surface area contributed by atoms with Crippen LogP contribution in [-0.4, -0.2) is 26.0 Å². The number of benzene rings is 1. The summed E-state index contributed by atoms with van der Waals surface area (Å²) in [4.78, 5) is 3.88. The monoisotopic (exact) mass is 265 g/mol. The number of nitrogens with one attached hydrogen (secondary N) is 1. The van der Waals surface area contributed by atoms with Gasteiger partial charge in [0.1, 0.15) is 12.1 Å². The van der Waals surface area contributed by atoms with E-state index in [1.165, 1.54) is 23.1 Å². The zero-order valence-electron chi connectivity index (χ0n) is 9.67. The molecule has 1 heterocycles. The van der Waals surface area contributed by atoms with Crippen LogP contribution in [0.2, 0.25) is 0 Å². The van der Waals surface area contributed by atoms with E-state index in [0.717, 1.165) is 0 Å². The maximum Gasteiger partial charge on any atom is 0.220 e. The van der Waals surface area contributed by atoms with Crippen LogP contribution in [0, 0.1) is 10.6 Å². The molecular formula is C12H12FN3OS. The molecule has 0 bridgehead atoms. The maximum absolute atomic E-state index is 13.1. The first-order valence-corrected chi connectivity index (χ1v) is 5.77. The molecule has 0 aliphatic heterocycles. The minimum atomic E-state index is -0.764. The summed E-state index contributed by atoms with van der Waals surface area (Å²) < 4.78 is 14.9. The summed E-state index contributed by atoms with van der Waals surface area (Å²) in [6.45, 7) is 1.60. The van der Waals surface area contributed by atoms with E-state index >= 15 is 0 Å². The average Bonchev–Trinajstić information content (AvgIpc) is 2.72. The standard InChI is InChI=1S/C12H12FN3OS/c1-8(17)11(16-12(18)14-7-15-16)6-9-3-2-4-10(13)5-9/h2-8,17H,1H3,(H,14,15,18)/b11-6+. The van der Waals surface area contributed by atoms with Crippen LogP contribution in [0.25, 0.3) is 11.8 Å². The normalized spacial score (nSPS) is 13.6. The number of halogens is 1. The van der Waals surface area contributed by atoms with Gasteiger partial charge in [-0.15, -0.1) is 0 Å². The van der Waals surface area contributed by atoms with Crippen molar-refractivity contribution in [2.24, 2.45) is 0 Å². The molecule has 1 aromatic heterocycles. The Hall–Kier alpha value is -1.79. The van der Waals surface area contributed by atoms with Crippen molar-refractivity contribution in [3.8, 4) is 0 Å². The lowest BCUT2D eigenvalue weighted by Crippen LogP contribution is -2.12. The van der Waals surface area contributed by atoms with Crippen molar-refractivity contribution < 1.29 is 9.50 Å². The van der Waals surface area contributed by atoms with Crippen molar-refractivity contribution in [2.45, 2.75) is 13.0 Å². The first kappa shape index (κ1) is 12.7. The van der Waals surface area contributed by atoms with Crippen molar-refractivity contribution in [3.05, 3.63) is 46.7 Å². The molecule has 0 spiro atoms. The number of aromatic nitrogens is 3. The number of H-pyrrole nitrogens is 1. The summed E-state index contributed by atoms with van der Waals surface area (Å²) in [6.07, 6.45) is 2.33. The summed E-state index contributed by atoms with van der Waals surface area (Å²) in [7, 11) is 0. The van der Waals surface area contributed by atoms with Gasteiger partial charge in [0.2, 0.25) is 4.77 Å². The number of aliphatic hydroxyl groups excluding tert-OH is 1. The van der Waals surface area contributed by atoms with Crippen molar-refractivity contribution in [1.29, 1.82) is 0 Å². The predicted molar refractivity (Wildman–Crippen MR) is 69.7 cm³/mol. The van der Waals surface area contributed by atoms with Crippen LogP contribution >= 0.6 is 12.2 Å². The lowest BCUT2D eigenvalue weighted by atomic mass is 10.1. The molecule has 4 nitrogen and oxygen atoms in total. The molecule has 2 rings (SSSR count). The predicted octanol–water partition coefficient (Wildman–Crippen LogP) is 2.46. The third-order valence-corrected chi connectivity index (χ3v) is 2.69. The van der Waals surface area contributed by atoms with Gasteiger partial charge in [0, 0.05) is 0 Å². The van der Waals surface area contributed by atoms with Gasteiger partial charge in [0.15, 0.2) is 0 Å². The fraction of sp³-hybridized carbons (Fsp3) is 0.167. The molecule has 1 atom stereocenters. The highest BCUT2D eigenvalue weighted by atomic mass is 32.1.